The zero-order chi connectivity index (χ0) is 9.90. The Morgan fingerprint density at radius 2 is 1.92 bits per heavy atom. The summed E-state index contributed by atoms with van der Waals surface area (Å²) in [5.74, 6) is 4.39. The summed E-state index contributed by atoms with van der Waals surface area (Å²) in [5.41, 5.74) is 0.246. The zero-order valence-electron chi connectivity index (χ0n) is 9.06. The Kier molecular flexibility index (Phi) is 3.39. The van der Waals surface area contributed by atoms with Crippen molar-refractivity contribution in [3.8, 4) is 12.3 Å². The number of hydrogen-bond donors (Lipinski definition) is 1. The second kappa shape index (κ2) is 4.15. The van der Waals surface area contributed by atoms with E-state index in [0.29, 0.717) is 0 Å². The Morgan fingerprint density at radius 3 is 2.31 bits per heavy atom. The van der Waals surface area contributed by atoms with Crippen LogP contribution < -0.4 is 5.32 Å². The molecule has 0 aromatic rings. The summed E-state index contributed by atoms with van der Waals surface area (Å²) in [7, 11) is 0. The van der Waals surface area contributed by atoms with Gasteiger partial charge in [0.2, 0.25) is 0 Å². The molecule has 1 nitrogen and oxygen atoms in total. The van der Waals surface area contributed by atoms with Gasteiger partial charge in [-0.1, -0.05) is 0 Å². The van der Waals surface area contributed by atoms with Crippen LogP contribution in [0.2, 0.25) is 0 Å². The Hall–Kier alpha value is -0.480. The molecule has 0 saturated heterocycles. The Bertz CT molecular complexity index is 194. The normalized spacial score (nSPS) is 27.8. The highest BCUT2D eigenvalue weighted by molar-refractivity contribution is 4.94. The molecular weight excluding hydrogens is 158 g/mol. The third-order valence-corrected chi connectivity index (χ3v) is 2.85. The maximum absolute atomic E-state index is 5.31. The molecule has 1 aliphatic rings. The zero-order valence-corrected chi connectivity index (χ0v) is 9.06. The minimum atomic E-state index is 0.246. The van der Waals surface area contributed by atoms with Crippen LogP contribution in [0.4, 0.5) is 0 Å². The molecule has 74 valence electrons. The van der Waals surface area contributed by atoms with Gasteiger partial charge < -0.3 is 5.32 Å². The summed E-state index contributed by atoms with van der Waals surface area (Å²) in [4.78, 5) is 0. The van der Waals surface area contributed by atoms with E-state index in [2.05, 4.69) is 32.0 Å². The quantitative estimate of drug-likeness (QED) is 0.656. The van der Waals surface area contributed by atoms with Crippen molar-refractivity contribution in [2.45, 2.75) is 45.6 Å². The van der Waals surface area contributed by atoms with Crippen molar-refractivity contribution in [1.82, 2.24) is 5.32 Å². The van der Waals surface area contributed by atoms with Crippen molar-refractivity contribution in [1.29, 1.82) is 0 Å². The molecule has 0 spiro atoms. The number of rotatable bonds is 3. The molecule has 0 aromatic heterocycles. The molecule has 0 bridgehead atoms. The Balaban J connectivity index is 2.20. The van der Waals surface area contributed by atoms with Crippen LogP contribution in [-0.2, 0) is 0 Å². The van der Waals surface area contributed by atoms with Gasteiger partial charge in [-0.25, -0.2) is 0 Å². The first-order chi connectivity index (χ1) is 6.03. The second-order valence-electron chi connectivity index (χ2n) is 5.14. The van der Waals surface area contributed by atoms with E-state index in [1.807, 2.05) is 0 Å². The standard InChI is InChI=1S/C12H21N/c1-5-6-10-7-8-11(10)9-13-12(2,3)4/h1,10-11,13H,6-9H2,2-4H3. The molecule has 2 atom stereocenters. The SMILES string of the molecule is C#CCC1CCC1CNC(C)(C)C. The van der Waals surface area contributed by atoms with Gasteiger partial charge in [-0.2, -0.15) is 0 Å². The number of nitrogens with one attached hydrogen (secondary N) is 1. The van der Waals surface area contributed by atoms with Crippen LogP contribution in [0.3, 0.4) is 0 Å². The van der Waals surface area contributed by atoms with Crippen LogP contribution >= 0.6 is 0 Å². The molecule has 1 heteroatoms. The van der Waals surface area contributed by atoms with E-state index < -0.39 is 0 Å². The van der Waals surface area contributed by atoms with E-state index in [-0.39, 0.29) is 5.54 Å². The maximum Gasteiger partial charge on any atom is 0.0117 e. The van der Waals surface area contributed by atoms with Crippen LogP contribution in [-0.4, -0.2) is 12.1 Å². The van der Waals surface area contributed by atoms with Crippen molar-refractivity contribution in [3.05, 3.63) is 0 Å². The molecule has 13 heavy (non-hydrogen) atoms. The van der Waals surface area contributed by atoms with Gasteiger partial charge in [0.15, 0.2) is 0 Å². The third kappa shape index (κ3) is 3.40. The molecule has 0 radical (unpaired) electrons. The van der Waals surface area contributed by atoms with Crippen molar-refractivity contribution in [2.75, 3.05) is 6.54 Å². The fourth-order valence-electron chi connectivity index (χ4n) is 1.76. The summed E-state index contributed by atoms with van der Waals surface area (Å²) in [6.07, 6.45) is 8.97. The molecule has 1 aliphatic carbocycles. The lowest BCUT2D eigenvalue weighted by molar-refractivity contribution is 0.164. The topological polar surface area (TPSA) is 12.0 Å². The Morgan fingerprint density at radius 1 is 1.31 bits per heavy atom. The predicted octanol–water partition coefficient (Wildman–Crippen LogP) is 2.42. The van der Waals surface area contributed by atoms with Gasteiger partial charge in [0.05, 0.1) is 0 Å². The first kappa shape index (κ1) is 10.6. The first-order valence-corrected chi connectivity index (χ1v) is 5.21. The lowest BCUT2D eigenvalue weighted by Crippen LogP contribution is -2.43. The van der Waals surface area contributed by atoms with E-state index in [4.69, 9.17) is 6.42 Å². The molecule has 0 aliphatic heterocycles. The van der Waals surface area contributed by atoms with Gasteiger partial charge >= 0.3 is 0 Å². The fraction of sp³-hybridized carbons (Fsp3) is 0.833. The largest absolute Gasteiger partial charge is 0.312 e. The summed E-state index contributed by atoms with van der Waals surface area (Å²) >= 11 is 0. The number of terminal acetylenes is 1. The van der Waals surface area contributed by atoms with Crippen LogP contribution in [0.1, 0.15) is 40.0 Å². The average molecular weight is 179 g/mol. The van der Waals surface area contributed by atoms with Crippen LogP contribution in [0.25, 0.3) is 0 Å². The monoisotopic (exact) mass is 179 g/mol. The van der Waals surface area contributed by atoms with Gasteiger partial charge in [0, 0.05) is 12.0 Å². The third-order valence-electron chi connectivity index (χ3n) is 2.85. The molecular formula is C12H21N. The summed E-state index contributed by atoms with van der Waals surface area (Å²) in [6, 6.07) is 0. The minimum absolute atomic E-state index is 0.246. The van der Waals surface area contributed by atoms with Crippen LogP contribution in [0.5, 0.6) is 0 Å². The summed E-state index contributed by atoms with van der Waals surface area (Å²) in [6.45, 7) is 7.77. The molecule has 1 saturated carbocycles. The second-order valence-corrected chi connectivity index (χ2v) is 5.14. The van der Waals surface area contributed by atoms with Crippen LogP contribution in [0, 0.1) is 24.2 Å². The van der Waals surface area contributed by atoms with Crippen molar-refractivity contribution >= 4 is 0 Å². The van der Waals surface area contributed by atoms with E-state index in [0.717, 1.165) is 24.8 Å². The van der Waals surface area contributed by atoms with Gasteiger partial charge in [0.1, 0.15) is 0 Å². The van der Waals surface area contributed by atoms with Crippen molar-refractivity contribution in [2.24, 2.45) is 11.8 Å². The van der Waals surface area contributed by atoms with E-state index in [1.165, 1.54) is 12.8 Å². The first-order valence-electron chi connectivity index (χ1n) is 5.21. The van der Waals surface area contributed by atoms with Gasteiger partial charge in [0.25, 0.3) is 0 Å². The Labute approximate surface area is 82.3 Å². The fourth-order valence-corrected chi connectivity index (χ4v) is 1.76. The molecule has 1 fully saturated rings. The number of hydrogen-bond acceptors (Lipinski definition) is 1. The molecule has 0 aromatic carbocycles. The van der Waals surface area contributed by atoms with Crippen molar-refractivity contribution < 1.29 is 0 Å². The lowest BCUT2D eigenvalue weighted by Gasteiger charge is -2.37. The molecule has 0 heterocycles. The lowest BCUT2D eigenvalue weighted by atomic mass is 9.72. The van der Waals surface area contributed by atoms with Crippen molar-refractivity contribution in [3.63, 3.8) is 0 Å². The highest BCUT2D eigenvalue weighted by Gasteiger charge is 2.30. The average Bonchev–Trinajstić information content (AvgIpc) is 1.96. The molecule has 1 N–H and O–H groups in total. The van der Waals surface area contributed by atoms with Crippen LogP contribution in [0.15, 0.2) is 0 Å². The van der Waals surface area contributed by atoms with Gasteiger partial charge in [-0.15, -0.1) is 12.3 Å². The van der Waals surface area contributed by atoms with Gasteiger partial charge in [-0.3, -0.25) is 0 Å². The maximum atomic E-state index is 5.31. The van der Waals surface area contributed by atoms with E-state index >= 15 is 0 Å². The molecule has 0 amide bonds. The highest BCUT2D eigenvalue weighted by atomic mass is 14.9. The highest BCUT2D eigenvalue weighted by Crippen LogP contribution is 2.36. The minimum Gasteiger partial charge on any atom is -0.312 e. The van der Waals surface area contributed by atoms with E-state index in [1.54, 1.807) is 0 Å². The molecule has 1 rings (SSSR count). The molecule has 2 unspecified atom stereocenters. The summed E-state index contributed by atoms with van der Waals surface area (Å²) < 4.78 is 0. The van der Waals surface area contributed by atoms with Gasteiger partial charge in [-0.05, 0) is 52.0 Å². The predicted molar refractivity (Wildman–Crippen MR) is 57.4 cm³/mol. The van der Waals surface area contributed by atoms with E-state index in [9.17, 15) is 0 Å². The smallest absolute Gasteiger partial charge is 0.0117 e. The summed E-state index contributed by atoms with van der Waals surface area (Å²) in [5, 5.41) is 3.54.